The Labute approximate surface area is 106 Å². The van der Waals surface area contributed by atoms with Crippen molar-refractivity contribution in [2.75, 3.05) is 20.8 Å². The predicted molar refractivity (Wildman–Crippen MR) is 67.3 cm³/mol. The Kier molecular flexibility index (Phi) is 5.13. The molecule has 0 unspecified atom stereocenters. The summed E-state index contributed by atoms with van der Waals surface area (Å²) in [6.45, 7) is 0.491. The van der Waals surface area contributed by atoms with Crippen LogP contribution < -0.4 is 5.73 Å². The molecule has 3 N–H and O–H groups in total. The number of benzene rings is 1. The van der Waals surface area contributed by atoms with Gasteiger partial charge in [-0.15, -0.1) is 0 Å². The molecule has 6 nitrogen and oxygen atoms in total. The van der Waals surface area contributed by atoms with Gasteiger partial charge in [-0.25, -0.2) is 0 Å². The summed E-state index contributed by atoms with van der Waals surface area (Å²) in [6, 6.07) is 7.16. The fourth-order valence-corrected chi connectivity index (χ4v) is 1.48. The molecule has 0 aromatic heterocycles. The molecule has 1 amide bonds. The third kappa shape index (κ3) is 3.74. The minimum absolute atomic E-state index is 0.0442. The summed E-state index contributed by atoms with van der Waals surface area (Å²) in [5.41, 5.74) is 7.01. The van der Waals surface area contributed by atoms with Crippen LogP contribution in [0.4, 0.5) is 0 Å². The summed E-state index contributed by atoms with van der Waals surface area (Å²) >= 11 is 0. The Bertz CT molecular complexity index is 446. The zero-order chi connectivity index (χ0) is 13.5. The molecule has 98 valence electrons. The van der Waals surface area contributed by atoms with Gasteiger partial charge in [0.15, 0.2) is 5.84 Å². The van der Waals surface area contributed by atoms with Gasteiger partial charge in [0, 0.05) is 26.3 Å². The van der Waals surface area contributed by atoms with Crippen LogP contribution in [0.2, 0.25) is 0 Å². The largest absolute Gasteiger partial charge is 0.409 e. The van der Waals surface area contributed by atoms with Gasteiger partial charge in [-0.3, -0.25) is 4.79 Å². The first-order valence-electron chi connectivity index (χ1n) is 5.38. The molecule has 0 spiro atoms. The number of likely N-dealkylation sites (N-methyl/N-ethyl adjacent to an activating group) is 1. The molecule has 0 bridgehead atoms. The van der Waals surface area contributed by atoms with E-state index in [1.54, 1.807) is 30.1 Å². The van der Waals surface area contributed by atoms with E-state index in [-0.39, 0.29) is 18.3 Å². The van der Waals surface area contributed by atoms with Gasteiger partial charge in [-0.1, -0.05) is 23.4 Å². The van der Waals surface area contributed by atoms with Crippen LogP contribution in [0.3, 0.4) is 0 Å². The standard InChI is InChI=1S/C12H17N3O3/c1-15(11(16)8-18-2)7-9-4-3-5-10(6-9)12(13)14-17/h3-6,17H,7-8H2,1-2H3,(H2,13,14). The second-order valence-corrected chi connectivity index (χ2v) is 3.87. The Hall–Kier alpha value is -2.08. The molecule has 0 saturated heterocycles. The topological polar surface area (TPSA) is 88.2 Å². The minimum Gasteiger partial charge on any atom is -0.409 e. The number of rotatable bonds is 5. The lowest BCUT2D eigenvalue weighted by Gasteiger charge is -2.17. The fraction of sp³-hybridized carbons (Fsp3) is 0.333. The lowest BCUT2D eigenvalue weighted by atomic mass is 10.1. The quantitative estimate of drug-likeness (QED) is 0.343. The number of hydrogen-bond acceptors (Lipinski definition) is 4. The Morgan fingerprint density at radius 1 is 1.56 bits per heavy atom. The van der Waals surface area contributed by atoms with Gasteiger partial charge in [-0.2, -0.15) is 0 Å². The molecule has 0 aliphatic rings. The van der Waals surface area contributed by atoms with Crippen LogP contribution in [0.25, 0.3) is 0 Å². The van der Waals surface area contributed by atoms with Gasteiger partial charge in [0.25, 0.3) is 0 Å². The number of oxime groups is 1. The third-order valence-electron chi connectivity index (χ3n) is 2.44. The number of hydrogen-bond donors (Lipinski definition) is 2. The first-order chi connectivity index (χ1) is 8.58. The average Bonchev–Trinajstić information content (AvgIpc) is 2.38. The van der Waals surface area contributed by atoms with E-state index >= 15 is 0 Å². The first kappa shape index (κ1) is 14.0. The fourth-order valence-electron chi connectivity index (χ4n) is 1.48. The summed E-state index contributed by atoms with van der Waals surface area (Å²) in [4.78, 5) is 13.1. The van der Waals surface area contributed by atoms with Crippen molar-refractivity contribution in [2.24, 2.45) is 10.9 Å². The molecule has 0 saturated carbocycles. The van der Waals surface area contributed by atoms with Crippen LogP contribution in [0, 0.1) is 0 Å². The van der Waals surface area contributed by atoms with Gasteiger partial charge < -0.3 is 20.6 Å². The summed E-state index contributed by atoms with van der Waals surface area (Å²) in [5.74, 6) is -0.0607. The van der Waals surface area contributed by atoms with E-state index in [2.05, 4.69) is 5.16 Å². The number of nitrogens with two attached hydrogens (primary N) is 1. The number of nitrogens with zero attached hydrogens (tertiary/aromatic N) is 2. The van der Waals surface area contributed by atoms with Crippen LogP contribution in [0.1, 0.15) is 11.1 Å². The molecule has 1 aromatic rings. The van der Waals surface area contributed by atoms with E-state index in [4.69, 9.17) is 15.7 Å². The van der Waals surface area contributed by atoms with Crippen LogP contribution in [-0.2, 0) is 16.1 Å². The van der Waals surface area contributed by atoms with Crippen LogP contribution in [0.5, 0.6) is 0 Å². The maximum absolute atomic E-state index is 11.5. The highest BCUT2D eigenvalue weighted by Crippen LogP contribution is 2.07. The van der Waals surface area contributed by atoms with Crippen molar-refractivity contribution >= 4 is 11.7 Å². The van der Waals surface area contributed by atoms with Crippen LogP contribution in [0.15, 0.2) is 29.4 Å². The Morgan fingerprint density at radius 2 is 2.28 bits per heavy atom. The molecule has 0 atom stereocenters. The lowest BCUT2D eigenvalue weighted by Crippen LogP contribution is -2.29. The highest BCUT2D eigenvalue weighted by Gasteiger charge is 2.09. The van der Waals surface area contributed by atoms with E-state index < -0.39 is 0 Å². The SMILES string of the molecule is COCC(=O)N(C)Cc1cccc(C(N)=NO)c1. The second-order valence-electron chi connectivity index (χ2n) is 3.87. The minimum atomic E-state index is -0.105. The molecule has 1 aromatic carbocycles. The van der Waals surface area contributed by atoms with Crippen molar-refractivity contribution < 1.29 is 14.7 Å². The van der Waals surface area contributed by atoms with Crippen molar-refractivity contribution in [3.05, 3.63) is 35.4 Å². The van der Waals surface area contributed by atoms with Gasteiger partial charge in [0.2, 0.25) is 5.91 Å². The highest BCUT2D eigenvalue weighted by atomic mass is 16.5. The lowest BCUT2D eigenvalue weighted by molar-refractivity contribution is -0.134. The number of methoxy groups -OCH3 is 1. The predicted octanol–water partition coefficient (Wildman–Crippen LogP) is 0.386. The third-order valence-corrected chi connectivity index (χ3v) is 2.44. The molecule has 18 heavy (non-hydrogen) atoms. The Morgan fingerprint density at radius 3 is 2.89 bits per heavy atom. The smallest absolute Gasteiger partial charge is 0.248 e. The molecule has 0 fully saturated rings. The van der Waals surface area contributed by atoms with Gasteiger partial charge in [0.1, 0.15) is 6.61 Å². The van der Waals surface area contributed by atoms with E-state index in [1.807, 2.05) is 6.07 Å². The summed E-state index contributed by atoms with van der Waals surface area (Å²) in [6.07, 6.45) is 0. The zero-order valence-corrected chi connectivity index (χ0v) is 10.5. The number of carbonyl (C=O) groups excluding carboxylic acids is 1. The summed E-state index contributed by atoms with van der Waals surface area (Å²) in [7, 11) is 3.17. The monoisotopic (exact) mass is 251 g/mol. The molecular formula is C12H17N3O3. The second kappa shape index (κ2) is 6.61. The van der Waals surface area contributed by atoms with Gasteiger partial charge in [0.05, 0.1) is 0 Å². The molecule has 0 aliphatic heterocycles. The number of amides is 1. The number of ether oxygens (including phenoxy) is 1. The number of carbonyl (C=O) groups is 1. The Balaban J connectivity index is 2.76. The maximum atomic E-state index is 11.5. The average molecular weight is 251 g/mol. The highest BCUT2D eigenvalue weighted by molar-refractivity contribution is 5.97. The summed E-state index contributed by atoms with van der Waals surface area (Å²) < 4.78 is 4.78. The molecule has 0 heterocycles. The maximum Gasteiger partial charge on any atom is 0.248 e. The first-order valence-corrected chi connectivity index (χ1v) is 5.38. The van der Waals surface area contributed by atoms with Gasteiger partial charge in [-0.05, 0) is 11.6 Å². The zero-order valence-electron chi connectivity index (χ0n) is 10.5. The number of amidine groups is 1. The van der Waals surface area contributed by atoms with Crippen LogP contribution in [-0.4, -0.2) is 42.6 Å². The van der Waals surface area contributed by atoms with Crippen molar-refractivity contribution in [3.8, 4) is 0 Å². The van der Waals surface area contributed by atoms with E-state index in [0.717, 1.165) is 5.56 Å². The van der Waals surface area contributed by atoms with E-state index in [1.165, 1.54) is 7.11 Å². The normalized spacial score (nSPS) is 11.3. The molecular weight excluding hydrogens is 234 g/mol. The molecule has 1 rings (SSSR count). The van der Waals surface area contributed by atoms with Gasteiger partial charge >= 0.3 is 0 Å². The van der Waals surface area contributed by atoms with Crippen molar-refractivity contribution in [3.63, 3.8) is 0 Å². The van der Waals surface area contributed by atoms with E-state index in [9.17, 15) is 4.79 Å². The molecule has 6 heteroatoms. The molecule has 0 radical (unpaired) electrons. The van der Waals surface area contributed by atoms with Crippen molar-refractivity contribution in [1.29, 1.82) is 0 Å². The van der Waals surface area contributed by atoms with E-state index in [0.29, 0.717) is 12.1 Å². The summed E-state index contributed by atoms with van der Waals surface area (Å²) in [5, 5.41) is 11.5. The molecule has 0 aliphatic carbocycles. The van der Waals surface area contributed by atoms with Crippen molar-refractivity contribution in [2.45, 2.75) is 6.54 Å². The van der Waals surface area contributed by atoms with Crippen LogP contribution >= 0.6 is 0 Å². The van der Waals surface area contributed by atoms with Crippen molar-refractivity contribution in [1.82, 2.24) is 4.90 Å².